The zero-order valence-electron chi connectivity index (χ0n) is 8.04. The van der Waals surface area contributed by atoms with Gasteiger partial charge in [0, 0.05) is 13.5 Å². The van der Waals surface area contributed by atoms with E-state index in [9.17, 15) is 4.79 Å². The van der Waals surface area contributed by atoms with Gasteiger partial charge < -0.3 is 4.74 Å². The Bertz CT molecular complexity index is 314. The third-order valence-corrected chi connectivity index (χ3v) is 2.29. The SMILES string of the molecule is COC(=O)CCC(S)c1nnnn1C. The molecular weight excluding hydrogens is 204 g/mol. The van der Waals surface area contributed by atoms with E-state index in [4.69, 9.17) is 0 Å². The number of methoxy groups -OCH3 is 1. The number of rotatable bonds is 4. The molecule has 0 radical (unpaired) electrons. The van der Waals surface area contributed by atoms with E-state index in [0.29, 0.717) is 18.7 Å². The van der Waals surface area contributed by atoms with Gasteiger partial charge in [0.15, 0.2) is 5.82 Å². The molecule has 7 heteroatoms. The maximum atomic E-state index is 10.9. The van der Waals surface area contributed by atoms with E-state index < -0.39 is 0 Å². The number of aromatic nitrogens is 4. The van der Waals surface area contributed by atoms with Crippen LogP contribution >= 0.6 is 12.6 Å². The van der Waals surface area contributed by atoms with Crippen molar-refractivity contribution in [3.63, 3.8) is 0 Å². The Morgan fingerprint density at radius 2 is 2.43 bits per heavy atom. The number of hydrogen-bond acceptors (Lipinski definition) is 6. The fourth-order valence-electron chi connectivity index (χ4n) is 1.00. The van der Waals surface area contributed by atoms with Crippen molar-refractivity contribution < 1.29 is 9.53 Å². The highest BCUT2D eigenvalue weighted by atomic mass is 32.1. The fourth-order valence-corrected chi connectivity index (χ4v) is 1.35. The van der Waals surface area contributed by atoms with Crippen molar-refractivity contribution in [3.8, 4) is 0 Å². The largest absolute Gasteiger partial charge is 0.469 e. The Morgan fingerprint density at radius 3 is 2.93 bits per heavy atom. The first-order valence-electron chi connectivity index (χ1n) is 4.12. The van der Waals surface area contributed by atoms with E-state index in [1.807, 2.05) is 0 Å². The lowest BCUT2D eigenvalue weighted by atomic mass is 10.2. The minimum absolute atomic E-state index is 0.144. The summed E-state index contributed by atoms with van der Waals surface area (Å²) in [6.45, 7) is 0. The van der Waals surface area contributed by atoms with Gasteiger partial charge in [-0.2, -0.15) is 12.6 Å². The summed E-state index contributed by atoms with van der Waals surface area (Å²) in [4.78, 5) is 10.9. The molecule has 1 atom stereocenters. The summed E-state index contributed by atoms with van der Waals surface area (Å²) in [7, 11) is 3.09. The molecule has 0 aliphatic rings. The first-order valence-corrected chi connectivity index (χ1v) is 4.64. The Balaban J connectivity index is 2.47. The van der Waals surface area contributed by atoms with Crippen LogP contribution in [0.2, 0.25) is 0 Å². The summed E-state index contributed by atoms with van der Waals surface area (Å²) in [5.74, 6) is 0.399. The summed E-state index contributed by atoms with van der Waals surface area (Å²) in [5, 5.41) is 10.8. The van der Waals surface area contributed by atoms with Crippen LogP contribution in [0, 0.1) is 0 Å². The van der Waals surface area contributed by atoms with Crippen LogP contribution in [-0.2, 0) is 16.6 Å². The Kier molecular flexibility index (Phi) is 3.87. The highest BCUT2D eigenvalue weighted by Gasteiger charge is 2.14. The van der Waals surface area contributed by atoms with Crippen molar-refractivity contribution >= 4 is 18.6 Å². The van der Waals surface area contributed by atoms with E-state index in [1.165, 1.54) is 11.8 Å². The van der Waals surface area contributed by atoms with Crippen LogP contribution in [0.5, 0.6) is 0 Å². The maximum absolute atomic E-state index is 10.9. The zero-order chi connectivity index (χ0) is 10.6. The lowest BCUT2D eigenvalue weighted by molar-refractivity contribution is -0.140. The van der Waals surface area contributed by atoms with Gasteiger partial charge in [-0.25, -0.2) is 4.68 Å². The minimum atomic E-state index is -0.251. The van der Waals surface area contributed by atoms with E-state index in [-0.39, 0.29) is 11.2 Å². The molecule has 1 aromatic heterocycles. The monoisotopic (exact) mass is 216 g/mol. The van der Waals surface area contributed by atoms with Crippen LogP contribution in [0.3, 0.4) is 0 Å². The topological polar surface area (TPSA) is 69.9 Å². The quantitative estimate of drug-likeness (QED) is 0.572. The second-order valence-corrected chi connectivity index (χ2v) is 3.41. The van der Waals surface area contributed by atoms with Gasteiger partial charge in [-0.1, -0.05) is 0 Å². The van der Waals surface area contributed by atoms with Gasteiger partial charge in [0.1, 0.15) is 0 Å². The molecule has 0 aromatic carbocycles. The maximum Gasteiger partial charge on any atom is 0.305 e. The Morgan fingerprint density at radius 1 is 1.71 bits per heavy atom. The molecule has 1 rings (SSSR count). The number of tetrazole rings is 1. The van der Waals surface area contributed by atoms with Crippen LogP contribution < -0.4 is 0 Å². The summed E-state index contributed by atoms with van der Waals surface area (Å²) in [6.07, 6.45) is 0.877. The number of hydrogen-bond donors (Lipinski definition) is 1. The molecule has 0 bridgehead atoms. The standard InChI is InChI=1S/C7H12N4O2S/c1-11-7(8-9-10-11)5(14)3-4-6(12)13-2/h5,14H,3-4H2,1-2H3. The Hall–Kier alpha value is -1.11. The molecule has 1 unspecified atom stereocenters. The first-order chi connectivity index (χ1) is 6.65. The van der Waals surface area contributed by atoms with Crippen molar-refractivity contribution in [2.75, 3.05) is 7.11 Å². The molecule has 0 saturated heterocycles. The summed E-state index contributed by atoms with van der Waals surface area (Å²) < 4.78 is 6.05. The predicted molar refractivity (Wildman–Crippen MR) is 51.8 cm³/mol. The molecule has 14 heavy (non-hydrogen) atoms. The number of nitrogens with zero attached hydrogens (tertiary/aromatic N) is 4. The summed E-state index contributed by atoms with van der Waals surface area (Å²) in [6, 6.07) is 0. The second kappa shape index (κ2) is 4.94. The highest BCUT2D eigenvalue weighted by molar-refractivity contribution is 7.80. The molecule has 1 heterocycles. The van der Waals surface area contributed by atoms with Crippen molar-refractivity contribution in [1.29, 1.82) is 0 Å². The molecule has 1 aromatic rings. The highest BCUT2D eigenvalue weighted by Crippen LogP contribution is 2.21. The van der Waals surface area contributed by atoms with Crippen LogP contribution in [0.25, 0.3) is 0 Å². The van der Waals surface area contributed by atoms with Crippen molar-refractivity contribution in [3.05, 3.63) is 5.82 Å². The van der Waals surface area contributed by atoms with Gasteiger partial charge in [0.2, 0.25) is 0 Å². The van der Waals surface area contributed by atoms with Crippen molar-refractivity contribution in [2.45, 2.75) is 18.1 Å². The number of ether oxygens (including phenoxy) is 1. The molecule has 0 N–H and O–H groups in total. The predicted octanol–water partition coefficient (Wildman–Crippen LogP) is 0.134. The molecule has 0 amide bonds. The van der Waals surface area contributed by atoms with Crippen LogP contribution in [-0.4, -0.2) is 33.3 Å². The van der Waals surface area contributed by atoms with E-state index in [0.717, 1.165) is 0 Å². The normalized spacial score (nSPS) is 12.5. The third kappa shape index (κ3) is 2.69. The number of carbonyl (C=O) groups is 1. The van der Waals surface area contributed by atoms with Crippen LogP contribution in [0.1, 0.15) is 23.9 Å². The van der Waals surface area contributed by atoms with Gasteiger partial charge in [-0.3, -0.25) is 4.79 Å². The molecule has 78 valence electrons. The average molecular weight is 216 g/mol. The molecule has 0 aliphatic heterocycles. The zero-order valence-corrected chi connectivity index (χ0v) is 8.94. The number of carbonyl (C=O) groups excluding carboxylic acids is 1. The van der Waals surface area contributed by atoms with Gasteiger partial charge in [0.25, 0.3) is 0 Å². The molecule has 0 aliphatic carbocycles. The van der Waals surface area contributed by atoms with Crippen LogP contribution in [0.15, 0.2) is 0 Å². The summed E-state index contributed by atoms with van der Waals surface area (Å²) in [5.41, 5.74) is 0. The molecular formula is C7H12N4O2S. The molecule has 0 fully saturated rings. The smallest absolute Gasteiger partial charge is 0.305 e. The van der Waals surface area contributed by atoms with Gasteiger partial charge >= 0.3 is 5.97 Å². The first kappa shape index (κ1) is 11.0. The van der Waals surface area contributed by atoms with Gasteiger partial charge in [-0.05, 0) is 16.8 Å². The average Bonchev–Trinajstić information content (AvgIpc) is 2.60. The fraction of sp³-hybridized carbons (Fsp3) is 0.714. The van der Waals surface area contributed by atoms with Crippen molar-refractivity contribution in [1.82, 2.24) is 20.2 Å². The number of aryl methyl sites for hydroxylation is 1. The van der Waals surface area contributed by atoms with Gasteiger partial charge in [-0.15, -0.1) is 5.10 Å². The molecule has 6 nitrogen and oxygen atoms in total. The number of thiol groups is 1. The van der Waals surface area contributed by atoms with E-state index in [1.54, 1.807) is 7.05 Å². The van der Waals surface area contributed by atoms with Gasteiger partial charge in [0.05, 0.1) is 12.4 Å². The summed E-state index contributed by atoms with van der Waals surface area (Å²) >= 11 is 4.30. The second-order valence-electron chi connectivity index (χ2n) is 2.79. The third-order valence-electron chi connectivity index (χ3n) is 1.80. The van der Waals surface area contributed by atoms with Crippen molar-refractivity contribution in [2.24, 2.45) is 7.05 Å². The van der Waals surface area contributed by atoms with Crippen LogP contribution in [0.4, 0.5) is 0 Å². The number of esters is 1. The van der Waals surface area contributed by atoms with E-state index >= 15 is 0 Å². The Labute approximate surface area is 87.0 Å². The lowest BCUT2D eigenvalue weighted by Crippen LogP contribution is -2.06. The molecule has 0 saturated carbocycles. The minimum Gasteiger partial charge on any atom is -0.469 e. The lowest BCUT2D eigenvalue weighted by Gasteiger charge is -2.06. The molecule has 0 spiro atoms. The van der Waals surface area contributed by atoms with E-state index in [2.05, 4.69) is 32.9 Å².